The Balaban J connectivity index is 1.46. The topological polar surface area (TPSA) is 4.41 Å². The lowest BCUT2D eigenvalue weighted by Gasteiger charge is -2.04. The predicted molar refractivity (Wildman–Crippen MR) is 108 cm³/mol. The maximum atomic E-state index is 2.26. The predicted octanol–water partition coefficient (Wildman–Crippen LogP) is 6.25. The van der Waals surface area contributed by atoms with Gasteiger partial charge in [0.25, 0.3) is 0 Å². The molecule has 0 unspecified atom stereocenters. The molecular formula is C23H21NS. The van der Waals surface area contributed by atoms with Gasteiger partial charge in [0.1, 0.15) is 0 Å². The summed E-state index contributed by atoms with van der Waals surface area (Å²) in [6, 6.07) is 26.1. The third-order valence-corrected chi connectivity index (χ3v) is 5.45. The standard InChI is InChI=1S/C23H21NS/c1-18-7-11-23(12-8-18)25-14-13-19-9-10-22-15-21(17-24(22)16-19)20-5-3-2-4-6-20/h2-12,15-17H,13-14H2,1H3. The van der Waals surface area contributed by atoms with Crippen LogP contribution in [-0.2, 0) is 6.42 Å². The molecule has 0 fully saturated rings. The highest BCUT2D eigenvalue weighted by atomic mass is 32.2. The first-order chi connectivity index (χ1) is 12.3. The molecule has 0 amide bonds. The van der Waals surface area contributed by atoms with Gasteiger partial charge in [-0.3, -0.25) is 0 Å². The minimum absolute atomic E-state index is 1.08. The Bertz CT molecular complexity index is 968. The fourth-order valence-electron chi connectivity index (χ4n) is 3.01. The molecule has 2 aromatic heterocycles. The summed E-state index contributed by atoms with van der Waals surface area (Å²) in [5, 5.41) is 0. The second-order valence-electron chi connectivity index (χ2n) is 6.38. The van der Waals surface area contributed by atoms with Gasteiger partial charge in [0.2, 0.25) is 0 Å². The molecule has 124 valence electrons. The molecule has 1 nitrogen and oxygen atoms in total. The molecular weight excluding hydrogens is 322 g/mol. The maximum absolute atomic E-state index is 2.26. The zero-order chi connectivity index (χ0) is 17.1. The molecule has 2 heterocycles. The lowest BCUT2D eigenvalue weighted by molar-refractivity contribution is 1.08. The van der Waals surface area contributed by atoms with Gasteiger partial charge in [0.05, 0.1) is 0 Å². The van der Waals surface area contributed by atoms with E-state index in [1.54, 1.807) is 0 Å². The Morgan fingerprint density at radius 1 is 0.800 bits per heavy atom. The van der Waals surface area contributed by atoms with Crippen LogP contribution in [-0.4, -0.2) is 10.2 Å². The summed E-state index contributed by atoms with van der Waals surface area (Å²) in [5.41, 5.74) is 6.47. The fourth-order valence-corrected chi connectivity index (χ4v) is 3.92. The number of pyridine rings is 1. The first-order valence-electron chi connectivity index (χ1n) is 8.63. The van der Waals surface area contributed by atoms with Crippen LogP contribution in [0.5, 0.6) is 0 Å². The van der Waals surface area contributed by atoms with Gasteiger partial charge in [-0.15, -0.1) is 11.8 Å². The van der Waals surface area contributed by atoms with Crippen LogP contribution in [0.25, 0.3) is 16.6 Å². The van der Waals surface area contributed by atoms with Gasteiger partial charge < -0.3 is 4.40 Å². The van der Waals surface area contributed by atoms with E-state index in [9.17, 15) is 0 Å². The van der Waals surface area contributed by atoms with Crippen molar-refractivity contribution in [3.63, 3.8) is 0 Å². The molecule has 0 aliphatic heterocycles. The van der Waals surface area contributed by atoms with E-state index in [4.69, 9.17) is 0 Å². The first kappa shape index (κ1) is 16.0. The van der Waals surface area contributed by atoms with E-state index in [0.717, 1.165) is 12.2 Å². The van der Waals surface area contributed by atoms with Crippen molar-refractivity contribution in [2.45, 2.75) is 18.2 Å². The maximum Gasteiger partial charge on any atom is 0.0456 e. The number of aryl methyl sites for hydroxylation is 2. The zero-order valence-corrected chi connectivity index (χ0v) is 15.2. The minimum Gasteiger partial charge on any atom is -0.323 e. The Hall–Kier alpha value is -2.45. The Morgan fingerprint density at radius 3 is 2.40 bits per heavy atom. The lowest BCUT2D eigenvalue weighted by atomic mass is 10.1. The summed E-state index contributed by atoms with van der Waals surface area (Å²) in [7, 11) is 0. The van der Waals surface area contributed by atoms with E-state index in [-0.39, 0.29) is 0 Å². The molecule has 4 rings (SSSR count). The molecule has 2 aromatic carbocycles. The van der Waals surface area contributed by atoms with Crippen molar-refractivity contribution in [3.8, 4) is 11.1 Å². The summed E-state index contributed by atoms with van der Waals surface area (Å²) < 4.78 is 2.24. The van der Waals surface area contributed by atoms with Crippen molar-refractivity contribution in [1.29, 1.82) is 0 Å². The molecule has 0 atom stereocenters. The largest absolute Gasteiger partial charge is 0.323 e. The van der Waals surface area contributed by atoms with Crippen LogP contribution in [0.3, 0.4) is 0 Å². The molecule has 25 heavy (non-hydrogen) atoms. The molecule has 0 saturated heterocycles. The third-order valence-electron chi connectivity index (χ3n) is 4.44. The quantitative estimate of drug-likeness (QED) is 0.388. The van der Waals surface area contributed by atoms with E-state index in [1.807, 2.05) is 11.8 Å². The van der Waals surface area contributed by atoms with Gasteiger partial charge >= 0.3 is 0 Å². The summed E-state index contributed by atoms with van der Waals surface area (Å²) in [6.45, 7) is 2.13. The average Bonchev–Trinajstić information content (AvgIpc) is 3.07. The van der Waals surface area contributed by atoms with Crippen LogP contribution in [0.2, 0.25) is 0 Å². The zero-order valence-electron chi connectivity index (χ0n) is 14.4. The Labute approximate surface area is 153 Å². The van der Waals surface area contributed by atoms with Crippen LogP contribution in [0.4, 0.5) is 0 Å². The van der Waals surface area contributed by atoms with Crippen LogP contribution in [0, 0.1) is 6.92 Å². The summed E-state index contributed by atoms with van der Waals surface area (Å²) >= 11 is 1.92. The van der Waals surface area contributed by atoms with Crippen LogP contribution >= 0.6 is 11.8 Å². The second-order valence-corrected chi connectivity index (χ2v) is 7.54. The van der Waals surface area contributed by atoms with Gasteiger partial charge in [0, 0.05) is 34.1 Å². The molecule has 0 N–H and O–H groups in total. The van der Waals surface area contributed by atoms with Crippen LogP contribution in [0.1, 0.15) is 11.1 Å². The van der Waals surface area contributed by atoms with E-state index < -0.39 is 0 Å². The molecule has 0 aliphatic rings. The summed E-state index contributed by atoms with van der Waals surface area (Å²) in [6.07, 6.45) is 5.56. The number of thioether (sulfide) groups is 1. The van der Waals surface area contributed by atoms with Gasteiger partial charge in [-0.1, -0.05) is 54.1 Å². The van der Waals surface area contributed by atoms with Crippen molar-refractivity contribution in [2.75, 3.05) is 5.75 Å². The van der Waals surface area contributed by atoms with Crippen molar-refractivity contribution in [1.82, 2.24) is 4.40 Å². The Morgan fingerprint density at radius 2 is 1.60 bits per heavy atom. The molecule has 2 heteroatoms. The van der Waals surface area contributed by atoms with Crippen LogP contribution in [0.15, 0.2) is 90.1 Å². The van der Waals surface area contributed by atoms with Crippen molar-refractivity contribution in [3.05, 3.63) is 96.3 Å². The highest BCUT2D eigenvalue weighted by Crippen LogP contribution is 2.24. The average molecular weight is 343 g/mol. The first-order valence-corrected chi connectivity index (χ1v) is 9.62. The number of aromatic nitrogens is 1. The van der Waals surface area contributed by atoms with E-state index in [2.05, 4.69) is 96.5 Å². The molecule has 0 saturated carbocycles. The van der Waals surface area contributed by atoms with E-state index >= 15 is 0 Å². The summed E-state index contributed by atoms with van der Waals surface area (Å²) in [5.74, 6) is 1.10. The highest BCUT2D eigenvalue weighted by Gasteiger charge is 2.03. The van der Waals surface area contributed by atoms with E-state index in [0.29, 0.717) is 0 Å². The number of hydrogen-bond acceptors (Lipinski definition) is 1. The third kappa shape index (κ3) is 3.80. The van der Waals surface area contributed by atoms with Gasteiger partial charge in [-0.05, 0) is 48.7 Å². The smallest absolute Gasteiger partial charge is 0.0456 e. The monoisotopic (exact) mass is 343 g/mol. The molecule has 0 bridgehead atoms. The van der Waals surface area contributed by atoms with Crippen molar-refractivity contribution in [2.24, 2.45) is 0 Å². The SMILES string of the molecule is Cc1ccc(SCCc2ccc3cc(-c4ccccc4)cn3c2)cc1. The molecule has 4 aromatic rings. The summed E-state index contributed by atoms with van der Waals surface area (Å²) in [4.78, 5) is 1.35. The van der Waals surface area contributed by atoms with Gasteiger partial charge in [-0.25, -0.2) is 0 Å². The van der Waals surface area contributed by atoms with Gasteiger partial charge in [0.15, 0.2) is 0 Å². The normalized spacial score (nSPS) is 11.1. The number of nitrogens with zero attached hydrogens (tertiary/aromatic N) is 1. The molecule has 0 spiro atoms. The lowest BCUT2D eigenvalue weighted by Crippen LogP contribution is -1.92. The number of benzene rings is 2. The van der Waals surface area contributed by atoms with Crippen molar-refractivity contribution < 1.29 is 0 Å². The molecule has 0 radical (unpaired) electrons. The second kappa shape index (κ2) is 7.20. The number of hydrogen-bond donors (Lipinski definition) is 0. The van der Waals surface area contributed by atoms with Crippen molar-refractivity contribution >= 4 is 17.3 Å². The fraction of sp³-hybridized carbons (Fsp3) is 0.130. The van der Waals surface area contributed by atoms with Crippen LogP contribution < -0.4 is 0 Å². The number of fused-ring (bicyclic) bond motifs is 1. The molecule has 0 aliphatic carbocycles. The number of rotatable bonds is 5. The van der Waals surface area contributed by atoms with E-state index in [1.165, 1.54) is 32.7 Å². The highest BCUT2D eigenvalue weighted by molar-refractivity contribution is 7.99. The Kier molecular flexibility index (Phi) is 4.62. The minimum atomic E-state index is 1.08. The van der Waals surface area contributed by atoms with Gasteiger partial charge in [-0.2, -0.15) is 0 Å².